The van der Waals surface area contributed by atoms with Gasteiger partial charge in [0.2, 0.25) is 5.78 Å². The first kappa shape index (κ1) is 12.3. The lowest BCUT2D eigenvalue weighted by Crippen LogP contribution is -2.01. The van der Waals surface area contributed by atoms with Gasteiger partial charge in [-0.15, -0.1) is 11.3 Å². The summed E-state index contributed by atoms with van der Waals surface area (Å²) in [4.78, 5) is 13.0. The maximum Gasteiger partial charge on any atom is 0.203 e. The minimum absolute atomic E-state index is 0.0579. The van der Waals surface area contributed by atoms with Crippen molar-refractivity contribution in [2.75, 3.05) is 0 Å². The maximum absolute atomic E-state index is 12.3. The van der Waals surface area contributed by atoms with E-state index in [-0.39, 0.29) is 5.78 Å². The van der Waals surface area contributed by atoms with Crippen LogP contribution in [-0.2, 0) is 0 Å². The fraction of sp³-hybridized carbons (Fsp3) is 0.214. The summed E-state index contributed by atoms with van der Waals surface area (Å²) in [5.41, 5.74) is 3.90. The quantitative estimate of drug-likeness (QED) is 0.727. The van der Waals surface area contributed by atoms with Crippen LogP contribution in [0, 0.1) is 20.8 Å². The summed E-state index contributed by atoms with van der Waals surface area (Å²) in [5, 5.41) is 0. The molecule has 3 heteroatoms. The molecule has 0 saturated heterocycles. The molecule has 1 aromatic heterocycles. The Morgan fingerprint density at radius 3 is 2.35 bits per heavy atom. The van der Waals surface area contributed by atoms with Gasteiger partial charge in [0.1, 0.15) is 0 Å². The average Bonchev–Trinajstić information content (AvgIpc) is 2.58. The molecule has 2 rings (SSSR count). The van der Waals surface area contributed by atoms with Crippen molar-refractivity contribution in [1.29, 1.82) is 0 Å². The minimum Gasteiger partial charge on any atom is -0.288 e. The van der Waals surface area contributed by atoms with Crippen molar-refractivity contribution in [2.45, 2.75) is 20.8 Å². The van der Waals surface area contributed by atoms with E-state index in [1.54, 1.807) is 0 Å². The molecule has 0 bridgehead atoms. The van der Waals surface area contributed by atoms with E-state index in [1.165, 1.54) is 16.9 Å². The molecular formula is C14H13ClOS. The molecule has 0 saturated carbocycles. The topological polar surface area (TPSA) is 17.1 Å². The standard InChI is InChI=1S/C14H13ClOS/c1-8-4-5-11(9(2)6-8)13(16)12-7-10(3)14(15)17-12/h4-7H,1-3H3. The molecule has 1 nitrogen and oxygen atoms in total. The Bertz CT molecular complexity index is 564. The van der Waals surface area contributed by atoms with Gasteiger partial charge in [0.15, 0.2) is 0 Å². The number of ketones is 1. The van der Waals surface area contributed by atoms with E-state index in [4.69, 9.17) is 11.6 Å². The Labute approximate surface area is 110 Å². The molecule has 0 spiro atoms. The minimum atomic E-state index is 0.0579. The SMILES string of the molecule is Cc1ccc(C(=O)c2cc(C)c(Cl)s2)c(C)c1. The van der Waals surface area contributed by atoms with Crippen LogP contribution in [-0.4, -0.2) is 5.78 Å². The summed E-state index contributed by atoms with van der Waals surface area (Å²) < 4.78 is 0.693. The monoisotopic (exact) mass is 264 g/mol. The van der Waals surface area contributed by atoms with Gasteiger partial charge in [0.25, 0.3) is 0 Å². The normalized spacial score (nSPS) is 10.6. The van der Waals surface area contributed by atoms with Gasteiger partial charge >= 0.3 is 0 Å². The Kier molecular flexibility index (Phi) is 3.36. The molecule has 0 radical (unpaired) electrons. The first-order valence-corrected chi connectivity index (χ1v) is 6.56. The summed E-state index contributed by atoms with van der Waals surface area (Å²) in [6.07, 6.45) is 0. The van der Waals surface area contributed by atoms with Crippen LogP contribution < -0.4 is 0 Å². The number of thiophene rings is 1. The van der Waals surface area contributed by atoms with Crippen molar-refractivity contribution in [3.63, 3.8) is 0 Å². The number of carbonyl (C=O) groups excluding carboxylic acids is 1. The fourth-order valence-corrected chi connectivity index (χ4v) is 2.93. The van der Waals surface area contributed by atoms with Gasteiger partial charge in [0.05, 0.1) is 9.21 Å². The van der Waals surface area contributed by atoms with Crippen LogP contribution in [0.2, 0.25) is 4.34 Å². The van der Waals surface area contributed by atoms with E-state index in [9.17, 15) is 4.79 Å². The smallest absolute Gasteiger partial charge is 0.203 e. The largest absolute Gasteiger partial charge is 0.288 e. The first-order valence-electron chi connectivity index (χ1n) is 5.37. The van der Waals surface area contributed by atoms with Gasteiger partial charge in [0, 0.05) is 5.56 Å². The second-order valence-corrected chi connectivity index (χ2v) is 5.87. The lowest BCUT2D eigenvalue weighted by Gasteiger charge is -2.04. The van der Waals surface area contributed by atoms with Crippen LogP contribution in [0.3, 0.4) is 0 Å². The molecule has 0 N–H and O–H groups in total. The predicted molar refractivity (Wildman–Crippen MR) is 73.4 cm³/mol. The van der Waals surface area contributed by atoms with E-state index in [2.05, 4.69) is 0 Å². The number of hydrogen-bond donors (Lipinski definition) is 0. The van der Waals surface area contributed by atoms with E-state index >= 15 is 0 Å². The average molecular weight is 265 g/mol. The molecule has 1 aromatic carbocycles. The van der Waals surface area contributed by atoms with Crippen LogP contribution >= 0.6 is 22.9 Å². The van der Waals surface area contributed by atoms with Crippen molar-refractivity contribution in [3.05, 3.63) is 55.7 Å². The van der Waals surface area contributed by atoms with Gasteiger partial charge in [-0.25, -0.2) is 0 Å². The van der Waals surface area contributed by atoms with Gasteiger partial charge in [-0.3, -0.25) is 4.79 Å². The molecule has 0 fully saturated rings. The van der Waals surface area contributed by atoms with Crippen molar-refractivity contribution in [3.8, 4) is 0 Å². The molecule has 1 heterocycles. The van der Waals surface area contributed by atoms with Crippen LogP contribution in [0.15, 0.2) is 24.3 Å². The summed E-state index contributed by atoms with van der Waals surface area (Å²) in [6, 6.07) is 7.72. The third-order valence-electron chi connectivity index (χ3n) is 2.71. The Morgan fingerprint density at radius 2 is 1.82 bits per heavy atom. The lowest BCUT2D eigenvalue weighted by atomic mass is 10.0. The zero-order chi connectivity index (χ0) is 12.6. The number of carbonyl (C=O) groups is 1. The van der Waals surface area contributed by atoms with Gasteiger partial charge in [-0.1, -0.05) is 35.4 Å². The summed E-state index contributed by atoms with van der Waals surface area (Å²) in [7, 11) is 0. The Hall–Kier alpha value is -1.12. The number of benzene rings is 1. The fourth-order valence-electron chi connectivity index (χ4n) is 1.77. The van der Waals surface area contributed by atoms with Crippen molar-refractivity contribution in [2.24, 2.45) is 0 Å². The predicted octanol–water partition coefficient (Wildman–Crippen LogP) is 4.56. The molecule has 0 aliphatic rings. The molecule has 0 unspecified atom stereocenters. The Morgan fingerprint density at radius 1 is 1.12 bits per heavy atom. The molecule has 17 heavy (non-hydrogen) atoms. The van der Waals surface area contributed by atoms with E-state index in [1.807, 2.05) is 45.0 Å². The molecule has 2 aromatic rings. The zero-order valence-electron chi connectivity index (χ0n) is 10.0. The molecule has 0 aliphatic carbocycles. The second-order valence-electron chi connectivity index (χ2n) is 4.21. The summed E-state index contributed by atoms with van der Waals surface area (Å²) >= 11 is 7.34. The highest BCUT2D eigenvalue weighted by Crippen LogP contribution is 2.29. The lowest BCUT2D eigenvalue weighted by molar-refractivity contribution is 0.104. The molecule has 88 valence electrons. The molecule has 0 amide bonds. The highest BCUT2D eigenvalue weighted by molar-refractivity contribution is 7.18. The molecule has 0 atom stereocenters. The first-order chi connectivity index (χ1) is 7.99. The van der Waals surface area contributed by atoms with Crippen LogP contribution in [0.1, 0.15) is 31.9 Å². The summed E-state index contributed by atoms with van der Waals surface area (Å²) in [5.74, 6) is 0.0579. The van der Waals surface area contributed by atoms with Crippen LogP contribution in [0.5, 0.6) is 0 Å². The molecule has 0 aliphatic heterocycles. The van der Waals surface area contributed by atoms with Crippen molar-refractivity contribution < 1.29 is 4.79 Å². The maximum atomic E-state index is 12.3. The van der Waals surface area contributed by atoms with Gasteiger partial charge in [-0.05, 0) is 38.0 Å². The number of rotatable bonds is 2. The van der Waals surface area contributed by atoms with Crippen molar-refractivity contribution >= 4 is 28.7 Å². The number of halogens is 1. The summed E-state index contributed by atoms with van der Waals surface area (Å²) in [6.45, 7) is 5.90. The molecular weight excluding hydrogens is 252 g/mol. The van der Waals surface area contributed by atoms with E-state index in [0.717, 1.165) is 16.7 Å². The zero-order valence-corrected chi connectivity index (χ0v) is 11.6. The van der Waals surface area contributed by atoms with E-state index in [0.29, 0.717) is 9.21 Å². The third kappa shape index (κ3) is 2.43. The van der Waals surface area contributed by atoms with Crippen molar-refractivity contribution in [1.82, 2.24) is 0 Å². The highest BCUT2D eigenvalue weighted by atomic mass is 35.5. The number of aryl methyl sites for hydroxylation is 3. The van der Waals surface area contributed by atoms with Crippen LogP contribution in [0.25, 0.3) is 0 Å². The van der Waals surface area contributed by atoms with Gasteiger partial charge in [-0.2, -0.15) is 0 Å². The van der Waals surface area contributed by atoms with Gasteiger partial charge < -0.3 is 0 Å². The van der Waals surface area contributed by atoms with E-state index < -0.39 is 0 Å². The number of hydrogen-bond acceptors (Lipinski definition) is 2. The second kappa shape index (κ2) is 4.63. The Balaban J connectivity index is 2.43. The third-order valence-corrected chi connectivity index (χ3v) is 4.26. The van der Waals surface area contributed by atoms with Crippen LogP contribution in [0.4, 0.5) is 0 Å². The highest BCUT2D eigenvalue weighted by Gasteiger charge is 2.15.